The van der Waals surface area contributed by atoms with E-state index in [1.807, 2.05) is 67.6 Å². The molecule has 3 aromatic rings. The third-order valence-corrected chi connectivity index (χ3v) is 4.75. The molecule has 6 N–H and O–H groups in total. The van der Waals surface area contributed by atoms with Crippen molar-refractivity contribution in [1.82, 2.24) is 4.72 Å². The maximum atomic E-state index is 10.3. The topological polar surface area (TPSA) is 132 Å². The lowest BCUT2D eigenvalue weighted by Crippen LogP contribution is -2.23. The lowest BCUT2D eigenvalue weighted by Gasteiger charge is -2.05. The van der Waals surface area contributed by atoms with E-state index < -0.39 is 5.97 Å². The van der Waals surface area contributed by atoms with Crippen LogP contribution in [0.15, 0.2) is 76.8 Å². The van der Waals surface area contributed by atoms with Gasteiger partial charge in [0.2, 0.25) is 5.96 Å². The quantitative estimate of drug-likeness (QED) is 0.120. The molecule has 0 spiro atoms. The second-order valence-corrected chi connectivity index (χ2v) is 7.65. The van der Waals surface area contributed by atoms with Crippen molar-refractivity contribution in [1.29, 1.82) is 0 Å². The van der Waals surface area contributed by atoms with Gasteiger partial charge in [0, 0.05) is 11.3 Å². The summed E-state index contributed by atoms with van der Waals surface area (Å²) < 4.78 is 8.26. The molecule has 0 unspecified atom stereocenters. The summed E-state index contributed by atoms with van der Waals surface area (Å²) >= 11 is 1.33. The van der Waals surface area contributed by atoms with Crippen molar-refractivity contribution in [2.24, 2.45) is 16.6 Å². The van der Waals surface area contributed by atoms with Gasteiger partial charge < -0.3 is 26.1 Å². The summed E-state index contributed by atoms with van der Waals surface area (Å²) in [4.78, 5) is 16.1. The van der Waals surface area contributed by atoms with Crippen molar-refractivity contribution in [3.8, 4) is 5.75 Å². The van der Waals surface area contributed by atoms with Gasteiger partial charge >= 0.3 is 5.97 Å². The van der Waals surface area contributed by atoms with Gasteiger partial charge in [0.05, 0.1) is 6.61 Å². The number of carboxylic acids is 1. The standard InChI is InChI=1S/C12H11NO2S.C11H17N3O2/c14-12(15)8-13-16-11-6-5-9-3-1-2-4-10(9)7-11;1-9-3-5-10(6-4-9)15-7-2-8-16-14-11(12)13/h1-7,13H,8H2,(H,14,15);3-6H,2,7-8H2,1H3,(H4,12,13,14). The first-order valence-corrected chi connectivity index (χ1v) is 10.8. The van der Waals surface area contributed by atoms with Gasteiger partial charge in [-0.2, -0.15) is 0 Å². The van der Waals surface area contributed by atoms with Crippen LogP contribution in [0.25, 0.3) is 10.8 Å². The van der Waals surface area contributed by atoms with E-state index in [4.69, 9.17) is 26.1 Å². The van der Waals surface area contributed by atoms with Gasteiger partial charge in [0.25, 0.3) is 0 Å². The fourth-order valence-electron chi connectivity index (χ4n) is 2.48. The molecule has 0 aliphatic carbocycles. The Bertz CT molecular complexity index is 1010. The number of guanidine groups is 1. The zero-order valence-electron chi connectivity index (χ0n) is 17.9. The number of carboxylic acid groups (broad SMARTS) is 1. The lowest BCUT2D eigenvalue weighted by molar-refractivity contribution is -0.135. The Morgan fingerprint density at radius 3 is 2.44 bits per heavy atom. The number of oxime groups is 1. The van der Waals surface area contributed by atoms with Crippen LogP contribution < -0.4 is 20.9 Å². The average Bonchev–Trinajstić information content (AvgIpc) is 2.77. The number of benzene rings is 3. The van der Waals surface area contributed by atoms with Gasteiger partial charge in [-0.25, -0.2) is 4.72 Å². The Labute approximate surface area is 191 Å². The normalized spacial score (nSPS) is 10.0. The maximum Gasteiger partial charge on any atom is 0.318 e. The minimum absolute atomic E-state index is 0.0442. The molecule has 0 saturated heterocycles. The van der Waals surface area contributed by atoms with E-state index in [1.165, 1.54) is 22.9 Å². The number of carbonyl (C=O) groups is 1. The average molecular weight is 457 g/mol. The van der Waals surface area contributed by atoms with Gasteiger partial charge in [-0.05, 0) is 59.1 Å². The molecule has 0 amide bonds. The molecule has 0 atom stereocenters. The molecule has 3 aromatic carbocycles. The number of hydrogen-bond acceptors (Lipinski definition) is 6. The number of rotatable bonds is 10. The smallest absolute Gasteiger partial charge is 0.318 e. The van der Waals surface area contributed by atoms with Gasteiger partial charge in [0.15, 0.2) is 0 Å². The first kappa shape index (κ1) is 24.8. The molecule has 0 bridgehead atoms. The molecule has 170 valence electrons. The van der Waals surface area contributed by atoms with E-state index in [0.29, 0.717) is 13.2 Å². The minimum atomic E-state index is -0.853. The number of aryl methyl sites for hydroxylation is 1. The van der Waals surface area contributed by atoms with Crippen molar-refractivity contribution >= 4 is 34.6 Å². The molecule has 9 heteroatoms. The molecule has 32 heavy (non-hydrogen) atoms. The summed E-state index contributed by atoms with van der Waals surface area (Å²) in [5.74, 6) is -0.0693. The van der Waals surface area contributed by atoms with Gasteiger partial charge in [-0.3, -0.25) is 4.79 Å². The molecule has 0 aliphatic rings. The molecule has 8 nitrogen and oxygen atoms in total. The predicted octanol–water partition coefficient (Wildman–Crippen LogP) is 3.49. The highest BCUT2D eigenvalue weighted by Gasteiger charge is 1.99. The zero-order chi connectivity index (χ0) is 23.2. The Morgan fingerprint density at radius 2 is 1.75 bits per heavy atom. The van der Waals surface area contributed by atoms with Crippen molar-refractivity contribution < 1.29 is 19.5 Å². The SMILES string of the molecule is Cc1ccc(OCCCON=C(N)N)cc1.O=C(O)CNSc1ccc2ccccc2c1. The molecule has 0 aromatic heterocycles. The molecular formula is C23H28N4O4S. The number of nitrogens with two attached hydrogens (primary N) is 2. The Hall–Kier alpha value is -3.43. The summed E-state index contributed by atoms with van der Waals surface area (Å²) in [6.07, 6.45) is 0.727. The lowest BCUT2D eigenvalue weighted by atomic mass is 10.1. The summed E-state index contributed by atoms with van der Waals surface area (Å²) in [6.45, 7) is 3.00. The molecule has 0 saturated carbocycles. The number of fused-ring (bicyclic) bond motifs is 1. The van der Waals surface area contributed by atoms with E-state index in [9.17, 15) is 4.79 Å². The van der Waals surface area contributed by atoms with Crippen LogP contribution in [0.2, 0.25) is 0 Å². The third kappa shape index (κ3) is 10.1. The van der Waals surface area contributed by atoms with E-state index in [1.54, 1.807) is 0 Å². The minimum Gasteiger partial charge on any atom is -0.493 e. The zero-order valence-corrected chi connectivity index (χ0v) is 18.7. The Morgan fingerprint density at radius 1 is 1.03 bits per heavy atom. The van der Waals surface area contributed by atoms with Crippen molar-refractivity contribution in [2.75, 3.05) is 19.8 Å². The van der Waals surface area contributed by atoms with Crippen LogP contribution in [-0.4, -0.2) is 36.8 Å². The third-order valence-electron chi connectivity index (χ3n) is 3.97. The summed E-state index contributed by atoms with van der Waals surface area (Å²) in [5, 5.41) is 14.2. The van der Waals surface area contributed by atoms with E-state index in [-0.39, 0.29) is 12.5 Å². The van der Waals surface area contributed by atoms with Gasteiger partial charge in [-0.1, -0.05) is 48.0 Å². The number of ether oxygens (including phenoxy) is 1. The van der Waals surface area contributed by atoms with Crippen LogP contribution in [-0.2, 0) is 9.63 Å². The number of aliphatic carboxylic acids is 1. The van der Waals surface area contributed by atoms with E-state index >= 15 is 0 Å². The van der Waals surface area contributed by atoms with Crippen molar-refractivity contribution in [3.63, 3.8) is 0 Å². The largest absolute Gasteiger partial charge is 0.493 e. The Balaban J connectivity index is 0.000000227. The molecular weight excluding hydrogens is 428 g/mol. The molecule has 0 fully saturated rings. The van der Waals surface area contributed by atoms with Crippen molar-refractivity contribution in [3.05, 3.63) is 72.3 Å². The highest BCUT2D eigenvalue weighted by atomic mass is 32.2. The Kier molecular flexibility index (Phi) is 10.7. The van der Waals surface area contributed by atoms with Crippen LogP contribution in [0, 0.1) is 6.92 Å². The number of hydrogen-bond donors (Lipinski definition) is 4. The van der Waals surface area contributed by atoms with Crippen LogP contribution >= 0.6 is 11.9 Å². The summed E-state index contributed by atoms with van der Waals surface area (Å²) in [6, 6.07) is 22.0. The molecule has 0 radical (unpaired) electrons. The molecule has 0 aliphatic heterocycles. The van der Waals surface area contributed by atoms with E-state index in [0.717, 1.165) is 22.5 Å². The molecule has 3 rings (SSSR count). The van der Waals surface area contributed by atoms with Crippen LogP contribution in [0.4, 0.5) is 0 Å². The number of nitrogens with zero attached hydrogens (tertiary/aromatic N) is 1. The molecule has 0 heterocycles. The van der Waals surface area contributed by atoms with Crippen LogP contribution in [0.5, 0.6) is 5.75 Å². The van der Waals surface area contributed by atoms with Crippen molar-refractivity contribution in [2.45, 2.75) is 18.2 Å². The highest BCUT2D eigenvalue weighted by Crippen LogP contribution is 2.21. The van der Waals surface area contributed by atoms with Crippen LogP contribution in [0.1, 0.15) is 12.0 Å². The van der Waals surface area contributed by atoms with E-state index in [2.05, 4.69) is 15.9 Å². The maximum absolute atomic E-state index is 10.3. The first-order chi connectivity index (χ1) is 15.4. The fraction of sp³-hybridized carbons (Fsp3) is 0.217. The van der Waals surface area contributed by atoms with Gasteiger partial charge in [-0.15, -0.1) is 0 Å². The predicted molar refractivity (Wildman–Crippen MR) is 128 cm³/mol. The highest BCUT2D eigenvalue weighted by molar-refractivity contribution is 7.97. The second-order valence-electron chi connectivity index (χ2n) is 6.69. The van der Waals surface area contributed by atoms with Crippen LogP contribution in [0.3, 0.4) is 0 Å². The summed E-state index contributed by atoms with van der Waals surface area (Å²) in [5.41, 5.74) is 11.4. The summed E-state index contributed by atoms with van der Waals surface area (Å²) in [7, 11) is 0. The second kappa shape index (κ2) is 13.8. The first-order valence-electron chi connectivity index (χ1n) is 9.94. The van der Waals surface area contributed by atoms with Gasteiger partial charge in [0.1, 0.15) is 18.9 Å². The fourth-order valence-corrected chi connectivity index (χ4v) is 3.16. The monoisotopic (exact) mass is 456 g/mol. The number of nitrogens with one attached hydrogen (secondary N) is 1.